The zero-order valence-corrected chi connectivity index (χ0v) is 44.7. The van der Waals surface area contributed by atoms with Crippen LogP contribution >= 0.6 is 0 Å². The number of allylic oxidation sites excluding steroid dienone is 8. The molecule has 0 aromatic heterocycles. The van der Waals surface area contributed by atoms with E-state index in [1.54, 1.807) is 0 Å². The number of carbonyl (C=O) groups excluding carboxylic acids is 3. The molecule has 0 amide bonds. The maximum atomic E-state index is 12.9. The van der Waals surface area contributed by atoms with Crippen molar-refractivity contribution in [3.05, 3.63) is 48.6 Å². The average Bonchev–Trinajstić information content (AvgIpc) is 3.33. The zero-order chi connectivity index (χ0) is 48.6. The van der Waals surface area contributed by atoms with Crippen molar-refractivity contribution < 1.29 is 28.6 Å². The predicted octanol–water partition coefficient (Wildman–Crippen LogP) is 19.4. The summed E-state index contributed by atoms with van der Waals surface area (Å²) in [6.45, 7) is 6.63. The molecule has 0 aromatic rings. The molecule has 0 saturated heterocycles. The van der Waals surface area contributed by atoms with Crippen LogP contribution in [0.4, 0.5) is 0 Å². The Morgan fingerprint density at radius 2 is 0.537 bits per heavy atom. The van der Waals surface area contributed by atoms with Gasteiger partial charge in [0.1, 0.15) is 13.2 Å². The van der Waals surface area contributed by atoms with E-state index in [0.717, 1.165) is 77.0 Å². The molecule has 0 aliphatic carbocycles. The molecule has 0 spiro atoms. The van der Waals surface area contributed by atoms with Crippen LogP contribution in [0.2, 0.25) is 0 Å². The highest BCUT2D eigenvalue weighted by molar-refractivity contribution is 5.71. The summed E-state index contributed by atoms with van der Waals surface area (Å²) in [6.07, 6.45) is 68.1. The van der Waals surface area contributed by atoms with E-state index in [1.807, 2.05) is 0 Å². The minimum absolute atomic E-state index is 0.0761. The topological polar surface area (TPSA) is 78.9 Å². The van der Waals surface area contributed by atoms with Crippen molar-refractivity contribution in [3.8, 4) is 0 Å². The van der Waals surface area contributed by atoms with Gasteiger partial charge in [-0.1, -0.05) is 249 Å². The van der Waals surface area contributed by atoms with Gasteiger partial charge in [-0.2, -0.15) is 0 Å². The molecule has 0 rings (SSSR count). The Bertz CT molecular complexity index is 1170. The molecule has 1 unspecified atom stereocenters. The first-order valence-electron chi connectivity index (χ1n) is 29.1. The van der Waals surface area contributed by atoms with Crippen LogP contribution in [-0.2, 0) is 28.6 Å². The molecule has 0 aliphatic heterocycles. The fourth-order valence-corrected chi connectivity index (χ4v) is 8.39. The Labute approximate surface area is 416 Å². The van der Waals surface area contributed by atoms with E-state index in [9.17, 15) is 14.4 Å². The number of rotatable bonds is 53. The van der Waals surface area contributed by atoms with Crippen molar-refractivity contribution in [1.29, 1.82) is 0 Å². The summed E-state index contributed by atoms with van der Waals surface area (Å²) in [5.74, 6) is -0.879. The second-order valence-corrected chi connectivity index (χ2v) is 19.6. The molecule has 6 heteroatoms. The summed E-state index contributed by atoms with van der Waals surface area (Å²) in [4.78, 5) is 38.1. The molecule has 0 bridgehead atoms. The smallest absolute Gasteiger partial charge is 0.306 e. The first kappa shape index (κ1) is 64.4. The summed E-state index contributed by atoms with van der Waals surface area (Å²) >= 11 is 0. The van der Waals surface area contributed by atoms with Gasteiger partial charge in [0.15, 0.2) is 6.10 Å². The molecule has 6 nitrogen and oxygen atoms in total. The lowest BCUT2D eigenvalue weighted by molar-refractivity contribution is -0.167. The lowest BCUT2D eigenvalue weighted by Gasteiger charge is -2.18. The summed E-state index contributed by atoms with van der Waals surface area (Å²) < 4.78 is 16.9. The van der Waals surface area contributed by atoms with E-state index >= 15 is 0 Å². The number of hydrogen-bond acceptors (Lipinski definition) is 6. The molecule has 0 saturated carbocycles. The maximum Gasteiger partial charge on any atom is 0.306 e. The number of hydrogen-bond donors (Lipinski definition) is 0. The van der Waals surface area contributed by atoms with Gasteiger partial charge in [-0.05, 0) is 83.5 Å². The Balaban J connectivity index is 4.37. The lowest BCUT2D eigenvalue weighted by Crippen LogP contribution is -2.30. The monoisotopic (exact) mass is 939 g/mol. The van der Waals surface area contributed by atoms with Crippen LogP contribution in [0, 0.1) is 0 Å². The number of carbonyl (C=O) groups is 3. The van der Waals surface area contributed by atoms with Gasteiger partial charge in [-0.25, -0.2) is 0 Å². The van der Waals surface area contributed by atoms with Crippen molar-refractivity contribution in [2.75, 3.05) is 13.2 Å². The maximum absolute atomic E-state index is 12.9. The second-order valence-electron chi connectivity index (χ2n) is 19.6. The normalized spacial score (nSPS) is 12.3. The van der Waals surface area contributed by atoms with Crippen LogP contribution < -0.4 is 0 Å². The van der Waals surface area contributed by atoms with Crippen LogP contribution in [0.15, 0.2) is 48.6 Å². The van der Waals surface area contributed by atoms with Gasteiger partial charge in [-0.3, -0.25) is 14.4 Å². The average molecular weight is 940 g/mol. The molecule has 0 fully saturated rings. The summed E-state index contributed by atoms with van der Waals surface area (Å²) in [7, 11) is 0. The van der Waals surface area contributed by atoms with Gasteiger partial charge < -0.3 is 14.2 Å². The predicted molar refractivity (Wildman–Crippen MR) is 289 cm³/mol. The van der Waals surface area contributed by atoms with Crippen LogP contribution in [0.1, 0.15) is 303 Å². The molecule has 1 atom stereocenters. The lowest BCUT2D eigenvalue weighted by atomic mass is 10.0. The largest absolute Gasteiger partial charge is 0.462 e. The molecular weight excluding hydrogens is 829 g/mol. The van der Waals surface area contributed by atoms with E-state index in [4.69, 9.17) is 14.2 Å². The first-order chi connectivity index (χ1) is 33.0. The van der Waals surface area contributed by atoms with Gasteiger partial charge in [-0.15, -0.1) is 0 Å². The van der Waals surface area contributed by atoms with Crippen molar-refractivity contribution in [2.24, 2.45) is 0 Å². The van der Waals surface area contributed by atoms with Crippen LogP contribution in [0.3, 0.4) is 0 Å². The molecule has 0 aliphatic rings. The highest BCUT2D eigenvalue weighted by Crippen LogP contribution is 2.16. The van der Waals surface area contributed by atoms with Gasteiger partial charge in [0.25, 0.3) is 0 Å². The van der Waals surface area contributed by atoms with Gasteiger partial charge in [0.2, 0.25) is 0 Å². The first-order valence-corrected chi connectivity index (χ1v) is 29.1. The van der Waals surface area contributed by atoms with Crippen LogP contribution in [0.5, 0.6) is 0 Å². The third-order valence-electron chi connectivity index (χ3n) is 12.8. The minimum Gasteiger partial charge on any atom is -0.462 e. The zero-order valence-electron chi connectivity index (χ0n) is 44.7. The van der Waals surface area contributed by atoms with Gasteiger partial charge >= 0.3 is 17.9 Å². The molecule has 0 N–H and O–H groups in total. The molecule has 67 heavy (non-hydrogen) atoms. The molecule has 0 aromatic carbocycles. The van der Waals surface area contributed by atoms with E-state index in [2.05, 4.69) is 69.4 Å². The molecular formula is C61H110O6. The van der Waals surface area contributed by atoms with E-state index in [-0.39, 0.29) is 31.1 Å². The number of ether oxygens (including phenoxy) is 3. The summed E-state index contributed by atoms with van der Waals surface area (Å²) in [5.41, 5.74) is 0. The third-order valence-corrected chi connectivity index (χ3v) is 12.8. The Morgan fingerprint density at radius 1 is 0.299 bits per heavy atom. The quantitative estimate of drug-likeness (QED) is 0.0262. The fraction of sp³-hybridized carbons (Fsp3) is 0.820. The van der Waals surface area contributed by atoms with Gasteiger partial charge in [0.05, 0.1) is 0 Å². The number of unbranched alkanes of at least 4 members (excludes halogenated alkanes) is 34. The van der Waals surface area contributed by atoms with Crippen molar-refractivity contribution in [1.82, 2.24) is 0 Å². The molecule has 0 radical (unpaired) electrons. The Hall–Kier alpha value is -2.63. The standard InChI is InChI=1S/C61H110O6/c1-4-7-10-13-16-19-22-25-27-29-30-32-33-36-39-42-45-48-51-54-60(63)66-57-58(56-65-59(62)53-50-47-44-41-38-35-24-21-18-15-12-9-6-3)67-61(64)55-52-49-46-43-40-37-34-31-28-26-23-20-17-14-11-8-5-2/h16,19,25-28,30,32,58H,4-15,17-18,20-24,29,31,33-57H2,1-3H3/b19-16-,27-25-,28-26-,32-30-. The highest BCUT2D eigenvalue weighted by atomic mass is 16.6. The van der Waals surface area contributed by atoms with E-state index in [0.29, 0.717) is 19.3 Å². The fourth-order valence-electron chi connectivity index (χ4n) is 8.39. The highest BCUT2D eigenvalue weighted by Gasteiger charge is 2.19. The van der Waals surface area contributed by atoms with Crippen LogP contribution in [0.25, 0.3) is 0 Å². The number of esters is 3. The van der Waals surface area contributed by atoms with Crippen molar-refractivity contribution in [2.45, 2.75) is 309 Å². The molecule has 390 valence electrons. The van der Waals surface area contributed by atoms with E-state index < -0.39 is 6.10 Å². The Kier molecular flexibility index (Phi) is 53.8. The SMILES string of the molecule is CCCCC/C=C\C/C=C\C/C=C\CCCCCCCCC(=O)OCC(COC(=O)CCCCCCCCCCCCCCC)OC(=O)CCCCCCCCC/C=C\CCCCCCCC. The third kappa shape index (κ3) is 54.2. The van der Waals surface area contributed by atoms with Gasteiger partial charge in [0, 0.05) is 19.3 Å². The van der Waals surface area contributed by atoms with E-state index in [1.165, 1.54) is 186 Å². The minimum atomic E-state index is -0.778. The van der Waals surface area contributed by atoms with Crippen molar-refractivity contribution in [3.63, 3.8) is 0 Å². The molecule has 0 heterocycles. The summed E-state index contributed by atoms with van der Waals surface area (Å²) in [6, 6.07) is 0. The Morgan fingerprint density at radius 3 is 0.881 bits per heavy atom. The van der Waals surface area contributed by atoms with Crippen LogP contribution in [-0.4, -0.2) is 37.2 Å². The van der Waals surface area contributed by atoms with Crippen molar-refractivity contribution >= 4 is 17.9 Å². The second kappa shape index (κ2) is 56.0. The summed E-state index contributed by atoms with van der Waals surface area (Å²) in [5, 5.41) is 0.